The zero-order chi connectivity index (χ0) is 18.9. The molecule has 146 valence electrons. The summed E-state index contributed by atoms with van der Waals surface area (Å²) >= 11 is 1.32. The van der Waals surface area contributed by atoms with Gasteiger partial charge in [-0.1, -0.05) is 18.3 Å². The van der Waals surface area contributed by atoms with Crippen LogP contribution in [0.4, 0.5) is 9.39 Å². The Morgan fingerprint density at radius 3 is 2.54 bits per heavy atom. The quantitative estimate of drug-likeness (QED) is 0.791. The van der Waals surface area contributed by atoms with Gasteiger partial charge in [-0.05, 0) is 40.0 Å². The highest BCUT2D eigenvalue weighted by Gasteiger charge is 2.43. The molecule has 3 rings (SSSR count). The first kappa shape index (κ1) is 19.5. The number of carbonyl (C=O) groups excluding carboxylic acids is 1. The maximum atomic E-state index is 14.9. The number of hydrazine groups is 1. The van der Waals surface area contributed by atoms with Gasteiger partial charge in [-0.3, -0.25) is 10.2 Å². The van der Waals surface area contributed by atoms with E-state index in [1.54, 1.807) is 0 Å². The van der Waals surface area contributed by atoms with Gasteiger partial charge in [0.15, 0.2) is 11.4 Å². The second kappa shape index (κ2) is 7.40. The molecule has 1 amide bonds. The predicted molar refractivity (Wildman–Crippen MR) is 101 cm³/mol. The van der Waals surface area contributed by atoms with E-state index in [0.717, 1.165) is 11.4 Å². The summed E-state index contributed by atoms with van der Waals surface area (Å²) in [7, 11) is 0. The highest BCUT2D eigenvalue weighted by molar-refractivity contribution is 7.16. The smallest absolute Gasteiger partial charge is 0.287 e. The Labute approximate surface area is 158 Å². The minimum Gasteiger partial charge on any atom is -0.378 e. The highest BCUT2D eigenvalue weighted by Crippen LogP contribution is 2.48. The maximum Gasteiger partial charge on any atom is 0.287 e. The number of amides is 1. The lowest BCUT2D eigenvalue weighted by Gasteiger charge is -2.34. The Balaban J connectivity index is 1.89. The van der Waals surface area contributed by atoms with E-state index in [1.165, 1.54) is 11.3 Å². The number of aromatic nitrogens is 1. The fourth-order valence-electron chi connectivity index (χ4n) is 3.23. The molecular formula is C18H29FN4O2S. The molecule has 1 aliphatic heterocycles. The number of rotatable bonds is 5. The van der Waals surface area contributed by atoms with Crippen molar-refractivity contribution >= 4 is 22.2 Å². The number of morpholine rings is 1. The van der Waals surface area contributed by atoms with Crippen molar-refractivity contribution in [1.82, 2.24) is 15.4 Å². The molecule has 8 heteroatoms. The van der Waals surface area contributed by atoms with E-state index in [-0.39, 0.29) is 11.4 Å². The molecule has 2 heterocycles. The molecule has 1 N–H and O–H groups in total. The van der Waals surface area contributed by atoms with Gasteiger partial charge >= 0.3 is 0 Å². The van der Waals surface area contributed by atoms with Crippen molar-refractivity contribution < 1.29 is 13.9 Å². The average Bonchev–Trinajstić information content (AvgIpc) is 3.02. The van der Waals surface area contributed by atoms with Crippen LogP contribution in [0.1, 0.15) is 62.5 Å². The zero-order valence-electron chi connectivity index (χ0n) is 16.1. The number of carbonyl (C=O) groups is 1. The van der Waals surface area contributed by atoms with Crippen molar-refractivity contribution in [3.63, 3.8) is 0 Å². The molecule has 0 radical (unpaired) electrons. The van der Waals surface area contributed by atoms with Crippen molar-refractivity contribution in [3.8, 4) is 0 Å². The number of hydrogen-bond acceptors (Lipinski definition) is 6. The second-order valence-corrected chi connectivity index (χ2v) is 8.92. The molecule has 6 nitrogen and oxygen atoms in total. The Hall–Kier alpha value is -1.25. The van der Waals surface area contributed by atoms with Gasteiger partial charge in [-0.25, -0.2) is 14.4 Å². The molecular weight excluding hydrogens is 355 g/mol. The summed E-state index contributed by atoms with van der Waals surface area (Å²) < 4.78 is 20.4. The van der Waals surface area contributed by atoms with Gasteiger partial charge in [0.25, 0.3) is 5.91 Å². The molecule has 2 fully saturated rings. The fourth-order valence-corrected chi connectivity index (χ4v) is 4.48. The van der Waals surface area contributed by atoms with Crippen LogP contribution < -0.4 is 10.3 Å². The van der Waals surface area contributed by atoms with E-state index in [2.05, 4.69) is 15.3 Å². The van der Waals surface area contributed by atoms with Gasteiger partial charge in [0.05, 0.1) is 13.2 Å². The summed E-state index contributed by atoms with van der Waals surface area (Å²) in [6, 6.07) is 0. The molecule has 1 aromatic heterocycles. The molecule has 0 bridgehead atoms. The first-order chi connectivity index (χ1) is 12.2. The monoisotopic (exact) mass is 384 g/mol. The topological polar surface area (TPSA) is 57.7 Å². The van der Waals surface area contributed by atoms with E-state index in [1.807, 2.05) is 32.7 Å². The molecule has 2 aliphatic rings. The number of nitrogens with zero attached hydrogens (tertiary/aromatic N) is 3. The predicted octanol–water partition coefficient (Wildman–Crippen LogP) is 3.09. The lowest BCUT2D eigenvalue weighted by atomic mass is 9.83. The molecule has 1 aliphatic carbocycles. The highest BCUT2D eigenvalue weighted by atomic mass is 32.1. The van der Waals surface area contributed by atoms with Crippen molar-refractivity contribution in [1.29, 1.82) is 0 Å². The number of halogens is 1. The Kier molecular flexibility index (Phi) is 5.55. The second-order valence-electron chi connectivity index (χ2n) is 7.95. The average molecular weight is 385 g/mol. The summed E-state index contributed by atoms with van der Waals surface area (Å²) in [5.41, 5.74) is 1.72. The molecule has 0 spiro atoms. The SMILES string of the molecule is CCN(NC(=O)c1nc(C2(F)CCC2)sc1N1CCOCC1)C(C)(C)C. The van der Waals surface area contributed by atoms with Crippen molar-refractivity contribution in [3.05, 3.63) is 10.7 Å². The molecule has 1 aromatic rings. The lowest BCUT2D eigenvalue weighted by molar-refractivity contribution is 0.0524. The van der Waals surface area contributed by atoms with Crippen LogP contribution in [0.15, 0.2) is 0 Å². The van der Waals surface area contributed by atoms with Crippen molar-refractivity contribution in [2.75, 3.05) is 37.7 Å². The van der Waals surface area contributed by atoms with Crippen LogP contribution in [0, 0.1) is 0 Å². The maximum absolute atomic E-state index is 14.9. The molecule has 26 heavy (non-hydrogen) atoms. The van der Waals surface area contributed by atoms with Crippen LogP contribution in [-0.4, -0.2) is 54.3 Å². The summed E-state index contributed by atoms with van der Waals surface area (Å²) in [5, 5.41) is 3.08. The van der Waals surface area contributed by atoms with E-state index in [9.17, 15) is 9.18 Å². The number of ether oxygens (including phenoxy) is 1. The van der Waals surface area contributed by atoms with Crippen LogP contribution >= 0.6 is 11.3 Å². The van der Waals surface area contributed by atoms with Gasteiger partial charge in [-0.15, -0.1) is 0 Å². The normalized spacial score (nSPS) is 20.2. The lowest BCUT2D eigenvalue weighted by Crippen LogP contribution is -2.52. The molecule has 0 atom stereocenters. The summed E-state index contributed by atoms with van der Waals surface area (Å²) in [4.78, 5) is 19.5. The molecule has 0 aromatic carbocycles. The van der Waals surface area contributed by atoms with Gasteiger partial charge < -0.3 is 9.64 Å². The molecule has 1 saturated carbocycles. The van der Waals surface area contributed by atoms with E-state index >= 15 is 0 Å². The summed E-state index contributed by atoms with van der Waals surface area (Å²) in [5.74, 6) is -0.270. The van der Waals surface area contributed by atoms with E-state index in [0.29, 0.717) is 56.4 Å². The Morgan fingerprint density at radius 1 is 1.38 bits per heavy atom. The third kappa shape index (κ3) is 3.87. The van der Waals surface area contributed by atoms with Crippen LogP contribution in [0.25, 0.3) is 0 Å². The van der Waals surface area contributed by atoms with Gasteiger partial charge in [0.1, 0.15) is 10.0 Å². The zero-order valence-corrected chi connectivity index (χ0v) is 16.9. The minimum absolute atomic E-state index is 0.211. The number of thiazole rings is 1. The number of nitrogens with one attached hydrogen (secondary N) is 1. The molecule has 1 saturated heterocycles. The van der Waals surface area contributed by atoms with Crippen LogP contribution in [0.3, 0.4) is 0 Å². The molecule has 0 unspecified atom stereocenters. The van der Waals surface area contributed by atoms with Crippen molar-refractivity contribution in [2.45, 2.75) is 58.2 Å². The van der Waals surface area contributed by atoms with E-state index in [4.69, 9.17) is 4.74 Å². The van der Waals surface area contributed by atoms with Crippen LogP contribution in [0.2, 0.25) is 0 Å². The van der Waals surface area contributed by atoms with Gasteiger partial charge in [0, 0.05) is 25.2 Å². The van der Waals surface area contributed by atoms with Gasteiger partial charge in [0.2, 0.25) is 0 Å². The Morgan fingerprint density at radius 2 is 2.04 bits per heavy atom. The van der Waals surface area contributed by atoms with Gasteiger partial charge in [-0.2, -0.15) is 0 Å². The number of alkyl halides is 1. The standard InChI is InChI=1S/C18H29FN4O2S/c1-5-23(17(2,3)4)21-14(24)13-15(22-9-11-25-12-10-22)26-16(20-13)18(19)7-6-8-18/h5-12H2,1-4H3,(H,21,24). The Bertz CT molecular complexity index is 648. The first-order valence-electron chi connectivity index (χ1n) is 9.36. The third-order valence-corrected chi connectivity index (χ3v) is 6.31. The first-order valence-corrected chi connectivity index (χ1v) is 10.2. The minimum atomic E-state index is -1.36. The summed E-state index contributed by atoms with van der Waals surface area (Å²) in [6.07, 6.45) is 1.86. The third-order valence-electron chi connectivity index (χ3n) is 5.01. The van der Waals surface area contributed by atoms with Crippen molar-refractivity contribution in [2.24, 2.45) is 0 Å². The largest absolute Gasteiger partial charge is 0.378 e. The number of hydrogen-bond donors (Lipinski definition) is 1. The van der Waals surface area contributed by atoms with Crippen LogP contribution in [-0.2, 0) is 10.4 Å². The van der Waals surface area contributed by atoms with Crippen LogP contribution in [0.5, 0.6) is 0 Å². The summed E-state index contributed by atoms with van der Waals surface area (Å²) in [6.45, 7) is 11.4. The fraction of sp³-hybridized carbons (Fsp3) is 0.778. The number of anilines is 1. The van der Waals surface area contributed by atoms with E-state index < -0.39 is 5.67 Å².